The Kier molecular flexibility index (Phi) is 3.55. The van der Waals surface area contributed by atoms with Crippen LogP contribution in [-0.2, 0) is 4.79 Å². The Bertz CT molecular complexity index is 50.9. The maximum absolute atomic E-state index is 9.47. The Morgan fingerprint density at radius 1 is 1.57 bits per heavy atom. The molecular weight excluding hydrogens is 96.0 g/mol. The highest BCUT2D eigenvalue weighted by atomic mass is 16.5. The Morgan fingerprint density at radius 3 is 2.29 bits per heavy atom. The first-order valence-corrected chi connectivity index (χ1v) is 1.94. The second-order valence-corrected chi connectivity index (χ2v) is 1.12. The lowest BCUT2D eigenvalue weighted by Crippen LogP contribution is -1.91. The molecule has 41 valence electrons. The third-order valence-corrected chi connectivity index (χ3v) is 0.486. The first-order valence-electron chi connectivity index (χ1n) is 1.94. The molecule has 0 amide bonds. The number of rotatable bonds is 3. The lowest BCUT2D eigenvalue weighted by Gasteiger charge is -1.91. The molecule has 0 aliphatic rings. The second kappa shape index (κ2) is 3.77. The smallest absolute Gasteiger partial charge is 0.218 e. The van der Waals surface area contributed by atoms with E-state index in [1.165, 1.54) is 0 Å². The van der Waals surface area contributed by atoms with Crippen molar-refractivity contribution >= 4 is 6.29 Å². The number of carbonyl (C=O) groups excluding carboxylic acids is 1. The van der Waals surface area contributed by atoms with Crippen LogP contribution in [0.25, 0.3) is 0 Å². The van der Waals surface area contributed by atoms with Gasteiger partial charge in [-0.1, -0.05) is 0 Å². The van der Waals surface area contributed by atoms with Crippen LogP contribution >= 0.6 is 0 Å². The molecule has 0 unspecified atom stereocenters. The zero-order chi connectivity index (χ0) is 5.70. The van der Waals surface area contributed by atoms with Gasteiger partial charge in [-0.3, -0.25) is 0 Å². The van der Waals surface area contributed by atoms with Crippen LogP contribution < -0.4 is 0 Å². The van der Waals surface area contributed by atoms with Crippen LogP contribution in [0.15, 0.2) is 0 Å². The van der Waals surface area contributed by atoms with E-state index < -0.39 is 6.29 Å². The van der Waals surface area contributed by atoms with Crippen LogP contribution in [0.3, 0.4) is 0 Å². The fraction of sp³-hybridized carbons (Fsp3) is 0.500. The fourth-order valence-electron chi connectivity index (χ4n) is 0.188. The van der Waals surface area contributed by atoms with E-state index in [9.17, 15) is 4.79 Å². The second-order valence-electron chi connectivity index (χ2n) is 1.12. The van der Waals surface area contributed by atoms with E-state index in [1.807, 2.05) is 0 Å². The van der Waals surface area contributed by atoms with E-state index >= 15 is 0 Å². The minimum atomic E-state index is -0.674. The van der Waals surface area contributed by atoms with Gasteiger partial charge in [-0.15, -0.1) is 0 Å². The number of hydrogen-bond donors (Lipinski definition) is 2. The van der Waals surface area contributed by atoms with Crippen molar-refractivity contribution in [2.75, 3.05) is 0 Å². The molecule has 3 nitrogen and oxygen atoms in total. The third-order valence-electron chi connectivity index (χ3n) is 0.486. The van der Waals surface area contributed by atoms with Crippen molar-refractivity contribution < 1.29 is 15.0 Å². The Labute approximate surface area is 41.6 Å². The van der Waals surface area contributed by atoms with Crippen molar-refractivity contribution in [1.82, 2.24) is 0 Å². The fourth-order valence-corrected chi connectivity index (χ4v) is 0.188. The first-order chi connectivity index (χ1) is 3.27. The molecule has 3 heteroatoms. The molecule has 0 aliphatic carbocycles. The Morgan fingerprint density at radius 2 is 2.14 bits per heavy atom. The van der Waals surface area contributed by atoms with Gasteiger partial charge >= 0.3 is 0 Å². The molecule has 0 saturated heterocycles. The molecule has 0 aliphatic heterocycles. The average Bonchev–Trinajstić information content (AvgIpc) is 1.61. The zero-order valence-corrected chi connectivity index (χ0v) is 3.79. The molecule has 0 fully saturated rings. The summed E-state index contributed by atoms with van der Waals surface area (Å²) >= 11 is 0. The number of aliphatic hydroxyl groups excluding tert-OH is 1. The number of carbonyl (C=O) groups is 1. The summed E-state index contributed by atoms with van der Waals surface area (Å²) < 4.78 is 0. The van der Waals surface area contributed by atoms with Crippen molar-refractivity contribution in [3.05, 3.63) is 6.29 Å². The summed E-state index contributed by atoms with van der Waals surface area (Å²) in [6.45, 7) is 0. The normalized spacial score (nSPS) is 9.57. The maximum atomic E-state index is 9.47. The molecule has 0 aromatic heterocycles. The largest absolute Gasteiger partial charge is 0.361 e. The molecule has 0 saturated carbocycles. The molecule has 7 heavy (non-hydrogen) atoms. The summed E-state index contributed by atoms with van der Waals surface area (Å²) in [6.07, 6.45) is 0.199. The van der Waals surface area contributed by atoms with E-state index in [1.54, 1.807) is 0 Å². The van der Waals surface area contributed by atoms with Gasteiger partial charge in [-0.2, -0.15) is 0 Å². The molecular formula is C4H7O3. The molecule has 0 bridgehead atoms. The highest BCUT2D eigenvalue weighted by Gasteiger charge is 1.95. The summed E-state index contributed by atoms with van der Waals surface area (Å²) in [6, 6.07) is 0. The predicted molar refractivity (Wildman–Crippen MR) is 22.4 cm³/mol. The number of aliphatic hydroxyl groups is 2. The standard InChI is InChI=1S/C4H7O3/c5-3-1-2-4(6)7/h3,6-7H,1-2H2. The van der Waals surface area contributed by atoms with Gasteiger partial charge in [0.15, 0.2) is 0 Å². The number of aldehydes is 1. The van der Waals surface area contributed by atoms with Gasteiger partial charge in [0.05, 0.1) is 0 Å². The van der Waals surface area contributed by atoms with Crippen LogP contribution in [0.5, 0.6) is 0 Å². The Hall–Kier alpha value is -0.410. The summed E-state index contributed by atoms with van der Waals surface area (Å²) in [5.41, 5.74) is 0. The number of hydrogen-bond acceptors (Lipinski definition) is 3. The van der Waals surface area contributed by atoms with Gasteiger partial charge < -0.3 is 15.0 Å². The van der Waals surface area contributed by atoms with Crippen LogP contribution in [0.1, 0.15) is 12.8 Å². The van der Waals surface area contributed by atoms with E-state index in [-0.39, 0.29) is 12.8 Å². The molecule has 2 N–H and O–H groups in total. The minimum Gasteiger partial charge on any atom is -0.361 e. The summed E-state index contributed by atoms with van der Waals surface area (Å²) in [4.78, 5) is 9.47. The average molecular weight is 103 g/mol. The molecule has 0 spiro atoms. The van der Waals surface area contributed by atoms with Crippen molar-refractivity contribution in [3.63, 3.8) is 0 Å². The van der Waals surface area contributed by atoms with Gasteiger partial charge in [-0.05, 0) is 0 Å². The molecule has 0 atom stereocenters. The predicted octanol–water partition coefficient (Wildman–Crippen LogP) is 0.200. The van der Waals surface area contributed by atoms with Gasteiger partial charge in [0.25, 0.3) is 0 Å². The van der Waals surface area contributed by atoms with Gasteiger partial charge in [-0.25, -0.2) is 0 Å². The zero-order valence-electron chi connectivity index (χ0n) is 3.79. The van der Waals surface area contributed by atoms with Crippen LogP contribution in [0, 0.1) is 6.29 Å². The Balaban J connectivity index is 2.81. The van der Waals surface area contributed by atoms with E-state index in [0.717, 1.165) is 0 Å². The maximum Gasteiger partial charge on any atom is 0.218 e. The highest BCUT2D eigenvalue weighted by Crippen LogP contribution is 1.95. The summed E-state index contributed by atoms with van der Waals surface area (Å²) in [5.74, 6) is 0. The van der Waals surface area contributed by atoms with E-state index in [0.29, 0.717) is 6.29 Å². The van der Waals surface area contributed by atoms with E-state index in [2.05, 4.69) is 0 Å². The van der Waals surface area contributed by atoms with Crippen molar-refractivity contribution in [1.29, 1.82) is 0 Å². The van der Waals surface area contributed by atoms with Crippen LogP contribution in [0.4, 0.5) is 0 Å². The van der Waals surface area contributed by atoms with Crippen LogP contribution in [0.2, 0.25) is 0 Å². The summed E-state index contributed by atoms with van der Waals surface area (Å²) in [7, 11) is 0. The SMILES string of the molecule is O=CCC[C](O)O. The molecule has 0 heterocycles. The lowest BCUT2D eigenvalue weighted by molar-refractivity contribution is -0.108. The molecule has 1 radical (unpaired) electrons. The van der Waals surface area contributed by atoms with Crippen molar-refractivity contribution in [2.24, 2.45) is 0 Å². The quantitative estimate of drug-likeness (QED) is 0.501. The minimum absolute atomic E-state index is 0.0590. The van der Waals surface area contributed by atoms with Gasteiger partial charge in [0, 0.05) is 12.8 Å². The topological polar surface area (TPSA) is 57.5 Å². The third kappa shape index (κ3) is 5.59. The molecule has 0 aromatic rings. The lowest BCUT2D eigenvalue weighted by atomic mass is 10.3. The monoisotopic (exact) mass is 103 g/mol. The molecule has 0 aromatic carbocycles. The van der Waals surface area contributed by atoms with E-state index in [4.69, 9.17) is 10.2 Å². The molecule has 0 rings (SSSR count). The van der Waals surface area contributed by atoms with Crippen molar-refractivity contribution in [2.45, 2.75) is 12.8 Å². The first kappa shape index (κ1) is 6.59. The van der Waals surface area contributed by atoms with Gasteiger partial charge in [0.1, 0.15) is 6.29 Å². The summed E-state index contributed by atoms with van der Waals surface area (Å²) in [5, 5.41) is 16.0. The van der Waals surface area contributed by atoms with Gasteiger partial charge in [0.2, 0.25) is 6.29 Å². The van der Waals surface area contributed by atoms with Crippen molar-refractivity contribution in [3.8, 4) is 0 Å². The highest BCUT2D eigenvalue weighted by molar-refractivity contribution is 5.49. The van der Waals surface area contributed by atoms with Crippen LogP contribution in [-0.4, -0.2) is 16.5 Å².